The summed E-state index contributed by atoms with van der Waals surface area (Å²) in [6.07, 6.45) is -0.302. The van der Waals surface area contributed by atoms with Gasteiger partial charge in [0.25, 0.3) is 0 Å². The smallest absolute Gasteiger partial charge is 0.0454 e. The van der Waals surface area contributed by atoms with Gasteiger partial charge in [0, 0.05) is 23.7 Å². The van der Waals surface area contributed by atoms with Crippen molar-refractivity contribution in [3.63, 3.8) is 0 Å². The van der Waals surface area contributed by atoms with Crippen LogP contribution < -0.4 is 4.90 Å². The molecule has 3 aromatic rings. The molecule has 0 fully saturated rings. The molecule has 1 nitrogen and oxygen atoms in total. The fourth-order valence-corrected chi connectivity index (χ4v) is 4.64. The van der Waals surface area contributed by atoms with Crippen molar-refractivity contribution in [3.05, 3.63) is 83.4 Å². The number of hydrogen-bond donors (Lipinski definition) is 0. The van der Waals surface area contributed by atoms with E-state index in [-0.39, 0.29) is 17.4 Å². The number of para-hydroxylation sites is 1. The number of benzene rings is 3. The van der Waals surface area contributed by atoms with E-state index in [9.17, 15) is 0 Å². The Hall–Kier alpha value is -2.54. The van der Waals surface area contributed by atoms with E-state index in [1.54, 1.807) is 0 Å². The zero-order valence-corrected chi connectivity index (χ0v) is 17.9. The lowest BCUT2D eigenvalue weighted by Gasteiger charge is -2.39. The summed E-state index contributed by atoms with van der Waals surface area (Å²) in [5, 5.41) is 0. The maximum atomic E-state index is 8.65. The average Bonchev–Trinajstić information content (AvgIpc) is 2.88. The molecule has 1 unspecified atom stereocenters. The summed E-state index contributed by atoms with van der Waals surface area (Å²) >= 11 is 0. The van der Waals surface area contributed by atoms with E-state index in [0.717, 1.165) is 16.9 Å². The Morgan fingerprint density at radius 2 is 1.50 bits per heavy atom. The van der Waals surface area contributed by atoms with E-state index in [1.807, 2.05) is 6.92 Å². The van der Waals surface area contributed by atoms with Crippen LogP contribution in [0.2, 0.25) is 0 Å². The first-order chi connectivity index (χ1) is 13.6. The van der Waals surface area contributed by atoms with Crippen molar-refractivity contribution in [1.29, 1.82) is 0 Å². The van der Waals surface area contributed by atoms with Crippen molar-refractivity contribution < 1.29 is 1.37 Å². The van der Waals surface area contributed by atoms with E-state index < -0.39 is 0 Å². The molecular weight excluding hydrogens is 338 g/mol. The molecule has 0 amide bonds. The van der Waals surface area contributed by atoms with Gasteiger partial charge < -0.3 is 4.90 Å². The van der Waals surface area contributed by atoms with Gasteiger partial charge in [0.1, 0.15) is 0 Å². The normalized spacial score (nSPS) is 16.1. The topological polar surface area (TPSA) is 3.24 Å². The van der Waals surface area contributed by atoms with E-state index in [4.69, 9.17) is 1.37 Å². The Morgan fingerprint density at radius 1 is 0.857 bits per heavy atom. The van der Waals surface area contributed by atoms with Gasteiger partial charge in [-0.2, -0.15) is 0 Å². The highest BCUT2D eigenvalue weighted by Crippen LogP contribution is 2.51. The minimum atomic E-state index is -0.302. The minimum Gasteiger partial charge on any atom is -0.336 e. The van der Waals surface area contributed by atoms with Crippen molar-refractivity contribution in [2.75, 3.05) is 4.90 Å². The van der Waals surface area contributed by atoms with Crippen LogP contribution in [0.5, 0.6) is 0 Å². The SMILES string of the molecule is [2H]C(C)c1cc2c(cc1N(c1ccccc1)C(C)(C)C)-c1ccccc1C2(C)C. The second kappa shape index (κ2) is 6.51. The molecule has 1 aliphatic carbocycles. The van der Waals surface area contributed by atoms with Gasteiger partial charge in [0.15, 0.2) is 0 Å². The molecule has 0 aromatic heterocycles. The Balaban J connectivity index is 2.03. The van der Waals surface area contributed by atoms with Crippen LogP contribution in [0, 0.1) is 0 Å². The van der Waals surface area contributed by atoms with Gasteiger partial charge >= 0.3 is 0 Å². The van der Waals surface area contributed by atoms with Gasteiger partial charge in [-0.3, -0.25) is 0 Å². The lowest BCUT2D eigenvalue weighted by atomic mass is 9.81. The summed E-state index contributed by atoms with van der Waals surface area (Å²) < 4.78 is 8.65. The molecule has 28 heavy (non-hydrogen) atoms. The largest absolute Gasteiger partial charge is 0.336 e. The van der Waals surface area contributed by atoms with Crippen LogP contribution >= 0.6 is 0 Å². The maximum Gasteiger partial charge on any atom is 0.0454 e. The van der Waals surface area contributed by atoms with Gasteiger partial charge in [-0.25, -0.2) is 0 Å². The Labute approximate surface area is 171 Å². The Kier molecular flexibility index (Phi) is 4.08. The predicted molar refractivity (Wildman–Crippen MR) is 122 cm³/mol. The van der Waals surface area contributed by atoms with Crippen molar-refractivity contribution >= 4 is 11.4 Å². The molecule has 0 aliphatic heterocycles. The molecule has 0 saturated heterocycles. The molecule has 0 radical (unpaired) electrons. The van der Waals surface area contributed by atoms with E-state index in [2.05, 4.69) is 106 Å². The molecule has 1 aliphatic rings. The molecule has 0 spiro atoms. The molecule has 0 saturated carbocycles. The third kappa shape index (κ3) is 2.85. The maximum absolute atomic E-state index is 8.65. The molecular formula is C27H31N. The molecule has 0 bridgehead atoms. The second-order valence-corrected chi connectivity index (χ2v) is 9.26. The first-order valence-corrected chi connectivity index (χ1v) is 10.2. The van der Waals surface area contributed by atoms with Gasteiger partial charge in [-0.05, 0) is 73.2 Å². The molecule has 3 aromatic carbocycles. The summed E-state index contributed by atoms with van der Waals surface area (Å²) in [7, 11) is 0. The van der Waals surface area contributed by atoms with Crippen LogP contribution in [0.4, 0.5) is 11.4 Å². The van der Waals surface area contributed by atoms with E-state index >= 15 is 0 Å². The number of aryl methyl sites for hydroxylation is 1. The van der Waals surface area contributed by atoms with Crippen molar-refractivity contribution in [1.82, 2.24) is 0 Å². The fourth-order valence-electron chi connectivity index (χ4n) is 4.64. The van der Waals surface area contributed by atoms with Crippen LogP contribution in [0.15, 0.2) is 66.7 Å². The predicted octanol–water partition coefficient (Wildman–Crippen LogP) is 7.49. The summed E-state index contributed by atoms with van der Waals surface area (Å²) in [6, 6.07) is 23.9. The Morgan fingerprint density at radius 3 is 2.14 bits per heavy atom. The number of rotatable bonds is 3. The van der Waals surface area contributed by atoms with Crippen molar-refractivity contribution in [2.24, 2.45) is 0 Å². The standard InChI is InChI=1S/C27H31N/c1-7-19-17-24-22(21-15-11-12-16-23(21)27(24,5)6)18-25(19)28(26(2,3)4)20-13-9-8-10-14-20/h8-18H,7H2,1-6H3/i7D. The third-order valence-corrected chi connectivity index (χ3v) is 5.97. The average molecular weight is 371 g/mol. The zero-order chi connectivity index (χ0) is 21.0. The van der Waals surface area contributed by atoms with Crippen LogP contribution in [0.25, 0.3) is 11.1 Å². The third-order valence-electron chi connectivity index (χ3n) is 5.97. The molecule has 1 heteroatoms. The van der Waals surface area contributed by atoms with Gasteiger partial charge in [-0.15, -0.1) is 0 Å². The minimum absolute atomic E-state index is 0.0482. The van der Waals surface area contributed by atoms with Crippen LogP contribution in [-0.2, 0) is 11.8 Å². The molecule has 1 atom stereocenters. The monoisotopic (exact) mass is 370 g/mol. The number of hydrogen-bond acceptors (Lipinski definition) is 1. The van der Waals surface area contributed by atoms with Crippen molar-refractivity contribution in [3.8, 4) is 11.1 Å². The Bertz CT molecular complexity index is 1040. The highest BCUT2D eigenvalue weighted by atomic mass is 15.2. The van der Waals surface area contributed by atoms with Crippen LogP contribution in [0.3, 0.4) is 0 Å². The quantitative estimate of drug-likeness (QED) is 0.461. The van der Waals surface area contributed by atoms with E-state index in [1.165, 1.54) is 22.3 Å². The first-order valence-electron chi connectivity index (χ1n) is 10.8. The lowest BCUT2D eigenvalue weighted by molar-refractivity contribution is 0.558. The van der Waals surface area contributed by atoms with E-state index in [0.29, 0.717) is 0 Å². The fraction of sp³-hybridized carbons (Fsp3) is 0.333. The first kappa shape index (κ1) is 17.6. The molecule has 0 heterocycles. The summed E-state index contributed by atoms with van der Waals surface area (Å²) in [5.74, 6) is 0. The summed E-state index contributed by atoms with van der Waals surface area (Å²) in [6.45, 7) is 13.3. The van der Waals surface area contributed by atoms with Crippen molar-refractivity contribution in [2.45, 2.75) is 58.9 Å². The van der Waals surface area contributed by atoms with Gasteiger partial charge in [0.05, 0.1) is 0 Å². The molecule has 0 N–H and O–H groups in total. The highest BCUT2D eigenvalue weighted by Gasteiger charge is 2.37. The van der Waals surface area contributed by atoms with Gasteiger partial charge in [0.2, 0.25) is 0 Å². The van der Waals surface area contributed by atoms with Gasteiger partial charge in [-0.1, -0.05) is 69.3 Å². The molecule has 4 rings (SSSR count). The molecule has 144 valence electrons. The number of nitrogens with zero attached hydrogens (tertiary/aromatic N) is 1. The lowest BCUT2D eigenvalue weighted by Crippen LogP contribution is -2.38. The number of fused-ring (bicyclic) bond motifs is 3. The zero-order valence-electron chi connectivity index (χ0n) is 18.9. The van der Waals surface area contributed by atoms with Crippen LogP contribution in [0.1, 0.15) is 59.6 Å². The highest BCUT2D eigenvalue weighted by molar-refractivity contribution is 5.85. The number of anilines is 2. The summed E-state index contributed by atoms with van der Waals surface area (Å²) in [4.78, 5) is 2.39. The summed E-state index contributed by atoms with van der Waals surface area (Å²) in [5.41, 5.74) is 8.54. The second-order valence-electron chi connectivity index (χ2n) is 9.26. The van der Waals surface area contributed by atoms with Crippen LogP contribution in [-0.4, -0.2) is 5.54 Å².